The number of phenolic OH excluding ortho intramolecular Hbond substituents is 4. The van der Waals surface area contributed by atoms with Gasteiger partial charge in [-0.3, -0.25) is 4.79 Å². The largest absolute Gasteiger partial charge is 0.506 e. The fourth-order valence-electron chi connectivity index (χ4n) is 2.75. The Labute approximate surface area is 135 Å². The van der Waals surface area contributed by atoms with Crippen LogP contribution in [0.25, 0.3) is 11.1 Å². The second kappa shape index (κ2) is 5.20. The van der Waals surface area contributed by atoms with E-state index < -0.39 is 35.1 Å². The molecule has 0 aliphatic carbocycles. The van der Waals surface area contributed by atoms with Crippen molar-refractivity contribution < 1.29 is 39.8 Å². The summed E-state index contributed by atoms with van der Waals surface area (Å²) in [5.74, 6) is -3.19. The minimum Gasteiger partial charge on any atom is -0.506 e. The van der Waals surface area contributed by atoms with Gasteiger partial charge in [0.05, 0.1) is 23.8 Å². The Morgan fingerprint density at radius 2 is 1.75 bits per heavy atom. The van der Waals surface area contributed by atoms with E-state index in [1.807, 2.05) is 0 Å². The van der Waals surface area contributed by atoms with Crippen LogP contribution in [0.4, 0.5) is 0 Å². The van der Waals surface area contributed by atoms with Crippen LogP contribution in [-0.2, 0) is 0 Å². The highest BCUT2D eigenvalue weighted by molar-refractivity contribution is 6.02. The third-order valence-corrected chi connectivity index (χ3v) is 3.84. The van der Waals surface area contributed by atoms with E-state index in [-0.39, 0.29) is 33.8 Å². The normalized spacial score (nSPS) is 15.2. The molecule has 24 heavy (non-hydrogen) atoms. The molecule has 1 aliphatic heterocycles. The maximum Gasteiger partial charge on any atom is 0.228 e. The summed E-state index contributed by atoms with van der Waals surface area (Å²) in [7, 11) is 1.28. The summed E-state index contributed by atoms with van der Waals surface area (Å²) in [6, 6.07) is 2.06. The second-order valence-corrected chi connectivity index (χ2v) is 5.26. The Kier molecular flexibility index (Phi) is 3.42. The molecule has 0 aromatic heterocycles. The number of carbonyl (C=O) groups is 1. The molecule has 0 saturated heterocycles. The highest BCUT2D eigenvalue weighted by Crippen LogP contribution is 2.58. The number of fused-ring (bicyclic) bond motifs is 3. The van der Waals surface area contributed by atoms with E-state index in [9.17, 15) is 30.3 Å². The molecule has 2 aromatic carbocycles. The van der Waals surface area contributed by atoms with Gasteiger partial charge in [0.25, 0.3) is 0 Å². The maximum atomic E-state index is 11.7. The predicted octanol–water partition coefficient (Wildman–Crippen LogP) is 1.77. The number of rotatable bonds is 2. The van der Waals surface area contributed by atoms with Gasteiger partial charge in [-0.25, -0.2) is 0 Å². The van der Waals surface area contributed by atoms with Crippen molar-refractivity contribution in [2.45, 2.75) is 13.2 Å². The van der Waals surface area contributed by atoms with E-state index in [0.29, 0.717) is 0 Å². The molecule has 1 heterocycles. The lowest BCUT2D eigenvalue weighted by Crippen LogP contribution is -2.16. The van der Waals surface area contributed by atoms with Crippen LogP contribution in [0.15, 0.2) is 12.1 Å². The Balaban J connectivity index is 2.49. The predicted molar refractivity (Wildman–Crippen MR) is 80.7 cm³/mol. The number of aliphatic hydroxyl groups excluding tert-OH is 1. The minimum atomic E-state index is -1.64. The number of methoxy groups -OCH3 is 1. The summed E-state index contributed by atoms with van der Waals surface area (Å²) >= 11 is 0. The number of benzene rings is 2. The SMILES string of the molecule is COc1cc(O)c(O)c2c1C(O)Oc1c(O)cc(C(C)=O)c(O)c1-2. The number of ether oxygens (including phenoxy) is 2. The zero-order chi connectivity index (χ0) is 17.8. The molecule has 0 amide bonds. The smallest absolute Gasteiger partial charge is 0.228 e. The fraction of sp³-hybridized carbons (Fsp3) is 0.188. The van der Waals surface area contributed by atoms with Crippen molar-refractivity contribution in [3.63, 3.8) is 0 Å². The van der Waals surface area contributed by atoms with Crippen LogP contribution in [-0.4, -0.2) is 38.4 Å². The summed E-state index contributed by atoms with van der Waals surface area (Å²) in [5.41, 5.74) is -0.696. The molecule has 126 valence electrons. The number of hydrogen-bond acceptors (Lipinski definition) is 8. The zero-order valence-electron chi connectivity index (χ0n) is 12.7. The number of carbonyl (C=O) groups excluding carboxylic acids is 1. The van der Waals surface area contributed by atoms with Crippen molar-refractivity contribution in [3.05, 3.63) is 23.3 Å². The highest BCUT2D eigenvalue weighted by Gasteiger charge is 2.37. The first-order valence-electron chi connectivity index (χ1n) is 6.85. The Bertz CT molecular complexity index is 871. The lowest BCUT2D eigenvalue weighted by Gasteiger charge is -2.29. The van der Waals surface area contributed by atoms with Crippen LogP contribution in [0.2, 0.25) is 0 Å². The topological polar surface area (TPSA) is 137 Å². The number of aliphatic hydroxyl groups is 1. The molecule has 1 unspecified atom stereocenters. The molecule has 0 bridgehead atoms. The number of hydrogen-bond donors (Lipinski definition) is 5. The van der Waals surface area contributed by atoms with Gasteiger partial charge in [0.2, 0.25) is 6.29 Å². The number of ketones is 1. The quantitative estimate of drug-likeness (QED) is 0.318. The number of Topliss-reactive ketones (excluding diaryl/α,β-unsaturated/α-hetero) is 1. The molecule has 0 radical (unpaired) electrons. The first kappa shape index (κ1) is 15.8. The molecule has 8 heteroatoms. The van der Waals surface area contributed by atoms with Crippen molar-refractivity contribution in [2.24, 2.45) is 0 Å². The van der Waals surface area contributed by atoms with Gasteiger partial charge in [-0.1, -0.05) is 0 Å². The second-order valence-electron chi connectivity index (χ2n) is 5.26. The van der Waals surface area contributed by atoms with E-state index in [2.05, 4.69) is 0 Å². The molecule has 3 rings (SSSR count). The standard InChI is InChI=1S/C16H14O8/c1-5(17)6-3-8(19)15-12(13(6)20)11-10(16(22)24-15)9(23-2)4-7(18)14(11)21/h3-4,16,18-22H,1-2H3. The Morgan fingerprint density at radius 3 is 2.33 bits per heavy atom. The summed E-state index contributed by atoms with van der Waals surface area (Å²) in [4.78, 5) is 11.7. The molecule has 0 spiro atoms. The molecule has 0 fully saturated rings. The van der Waals surface area contributed by atoms with Crippen LogP contribution in [0.3, 0.4) is 0 Å². The van der Waals surface area contributed by atoms with Crippen LogP contribution >= 0.6 is 0 Å². The average molecular weight is 334 g/mol. The maximum absolute atomic E-state index is 11.7. The summed E-state index contributed by atoms with van der Waals surface area (Å²) in [6.45, 7) is 1.18. The lowest BCUT2D eigenvalue weighted by atomic mass is 9.90. The van der Waals surface area contributed by atoms with Crippen LogP contribution in [0.5, 0.6) is 34.5 Å². The number of aromatic hydroxyl groups is 4. The molecular formula is C16H14O8. The highest BCUT2D eigenvalue weighted by atomic mass is 16.6. The summed E-state index contributed by atoms with van der Waals surface area (Å²) < 4.78 is 10.3. The zero-order valence-corrected chi connectivity index (χ0v) is 12.7. The summed E-state index contributed by atoms with van der Waals surface area (Å²) in [6.07, 6.45) is -1.64. The Morgan fingerprint density at radius 1 is 1.08 bits per heavy atom. The van der Waals surface area contributed by atoms with Gasteiger partial charge in [0.1, 0.15) is 11.5 Å². The van der Waals surface area contributed by atoms with E-state index in [0.717, 1.165) is 12.1 Å². The van der Waals surface area contributed by atoms with Gasteiger partial charge in [-0.05, 0) is 13.0 Å². The molecule has 5 N–H and O–H groups in total. The van der Waals surface area contributed by atoms with Gasteiger partial charge < -0.3 is 35.0 Å². The average Bonchev–Trinajstić information content (AvgIpc) is 2.53. The van der Waals surface area contributed by atoms with Gasteiger partial charge in [-0.15, -0.1) is 0 Å². The lowest BCUT2D eigenvalue weighted by molar-refractivity contribution is -0.0249. The van der Waals surface area contributed by atoms with E-state index in [4.69, 9.17) is 9.47 Å². The molecule has 8 nitrogen and oxygen atoms in total. The van der Waals surface area contributed by atoms with Gasteiger partial charge in [0.15, 0.2) is 28.8 Å². The third-order valence-electron chi connectivity index (χ3n) is 3.84. The molecule has 1 atom stereocenters. The van der Waals surface area contributed by atoms with Crippen molar-refractivity contribution in [2.75, 3.05) is 7.11 Å². The van der Waals surface area contributed by atoms with Crippen LogP contribution < -0.4 is 9.47 Å². The first-order chi connectivity index (χ1) is 11.3. The molecule has 1 aliphatic rings. The fourth-order valence-corrected chi connectivity index (χ4v) is 2.75. The third kappa shape index (κ3) is 2.00. The van der Waals surface area contributed by atoms with Crippen molar-refractivity contribution in [1.82, 2.24) is 0 Å². The monoisotopic (exact) mass is 334 g/mol. The summed E-state index contributed by atoms with van der Waals surface area (Å²) in [5, 5.41) is 50.8. The molecule has 0 saturated carbocycles. The number of phenols is 4. The van der Waals surface area contributed by atoms with E-state index in [1.54, 1.807) is 0 Å². The van der Waals surface area contributed by atoms with Crippen molar-refractivity contribution >= 4 is 5.78 Å². The van der Waals surface area contributed by atoms with Crippen LogP contribution in [0.1, 0.15) is 29.1 Å². The van der Waals surface area contributed by atoms with Gasteiger partial charge in [-0.2, -0.15) is 0 Å². The van der Waals surface area contributed by atoms with E-state index >= 15 is 0 Å². The molecular weight excluding hydrogens is 320 g/mol. The van der Waals surface area contributed by atoms with Gasteiger partial charge in [0, 0.05) is 11.6 Å². The Hall–Kier alpha value is -3.13. The van der Waals surface area contributed by atoms with Crippen LogP contribution in [0, 0.1) is 0 Å². The van der Waals surface area contributed by atoms with Crippen molar-refractivity contribution in [1.29, 1.82) is 0 Å². The first-order valence-corrected chi connectivity index (χ1v) is 6.85. The van der Waals surface area contributed by atoms with E-state index in [1.165, 1.54) is 14.0 Å². The van der Waals surface area contributed by atoms with Gasteiger partial charge >= 0.3 is 0 Å². The minimum absolute atomic E-state index is 0.00873. The van der Waals surface area contributed by atoms with Crippen molar-refractivity contribution in [3.8, 4) is 45.6 Å². The molecule has 2 aromatic rings.